The van der Waals surface area contributed by atoms with Gasteiger partial charge in [0.25, 0.3) is 0 Å². The van der Waals surface area contributed by atoms with Crippen molar-refractivity contribution in [3.05, 3.63) is 41.1 Å². The van der Waals surface area contributed by atoms with E-state index < -0.39 is 0 Å². The number of rotatable bonds is 5. The zero-order valence-electron chi connectivity index (χ0n) is 14.2. The summed E-state index contributed by atoms with van der Waals surface area (Å²) in [4.78, 5) is 20.2. The summed E-state index contributed by atoms with van der Waals surface area (Å²) in [5.74, 6) is 0.745. The number of benzene rings is 1. The first-order valence-electron chi connectivity index (χ1n) is 8.57. The van der Waals surface area contributed by atoms with Crippen LogP contribution in [0.3, 0.4) is 0 Å². The first kappa shape index (κ1) is 16.9. The van der Waals surface area contributed by atoms with Crippen LogP contribution in [0.25, 0.3) is 0 Å². The van der Waals surface area contributed by atoms with E-state index >= 15 is 0 Å². The van der Waals surface area contributed by atoms with Crippen LogP contribution in [0.15, 0.2) is 24.3 Å². The average molecular weight is 335 g/mol. The number of anilines is 3. The number of nitriles is 1. The number of hydrogen-bond donors (Lipinski definition) is 2. The number of carbonyl (C=O) groups is 1. The molecule has 0 amide bonds. The van der Waals surface area contributed by atoms with Gasteiger partial charge in [-0.1, -0.05) is 31.4 Å². The minimum atomic E-state index is 0.0819. The van der Waals surface area contributed by atoms with Crippen LogP contribution in [0, 0.1) is 18.3 Å². The quantitative estimate of drug-likeness (QED) is 0.804. The van der Waals surface area contributed by atoms with Crippen LogP contribution in [-0.2, 0) is 0 Å². The Morgan fingerprint density at radius 1 is 1.24 bits per heavy atom. The van der Waals surface area contributed by atoms with Gasteiger partial charge in [0.2, 0.25) is 5.95 Å². The summed E-state index contributed by atoms with van der Waals surface area (Å²) in [6.45, 7) is 1.99. The van der Waals surface area contributed by atoms with Crippen LogP contribution in [0.2, 0.25) is 0 Å². The summed E-state index contributed by atoms with van der Waals surface area (Å²) in [5.41, 5.74) is 2.17. The Balaban J connectivity index is 1.92. The fourth-order valence-electron chi connectivity index (χ4n) is 3.12. The van der Waals surface area contributed by atoms with Crippen LogP contribution in [0.5, 0.6) is 0 Å². The third-order valence-corrected chi connectivity index (χ3v) is 4.39. The molecule has 2 aromatic rings. The maximum atomic E-state index is 11.5. The van der Waals surface area contributed by atoms with Crippen molar-refractivity contribution in [3.63, 3.8) is 0 Å². The topological polar surface area (TPSA) is 90.7 Å². The number of aldehydes is 1. The van der Waals surface area contributed by atoms with Crippen molar-refractivity contribution in [3.8, 4) is 6.07 Å². The fourth-order valence-corrected chi connectivity index (χ4v) is 3.12. The highest BCUT2D eigenvalue weighted by atomic mass is 16.1. The number of hydrogen-bond acceptors (Lipinski definition) is 6. The molecule has 1 aromatic carbocycles. The number of aromatic nitrogens is 2. The van der Waals surface area contributed by atoms with E-state index in [-0.39, 0.29) is 11.3 Å². The van der Waals surface area contributed by atoms with Crippen LogP contribution < -0.4 is 10.6 Å². The van der Waals surface area contributed by atoms with E-state index in [9.17, 15) is 10.1 Å². The van der Waals surface area contributed by atoms with Gasteiger partial charge < -0.3 is 10.6 Å². The average Bonchev–Trinajstić information content (AvgIpc) is 2.62. The third-order valence-electron chi connectivity index (χ3n) is 4.39. The molecule has 0 aliphatic heterocycles. The Hall–Kier alpha value is -2.94. The maximum Gasteiger partial charge on any atom is 0.226 e. The lowest BCUT2D eigenvalue weighted by molar-refractivity contribution is 0.112. The largest absolute Gasteiger partial charge is 0.351 e. The summed E-state index contributed by atoms with van der Waals surface area (Å²) in [6, 6.07) is 10.1. The summed E-state index contributed by atoms with van der Waals surface area (Å²) in [5, 5.41) is 15.8. The van der Waals surface area contributed by atoms with E-state index in [1.54, 1.807) is 0 Å². The normalized spacial score (nSPS) is 14.6. The van der Waals surface area contributed by atoms with E-state index in [4.69, 9.17) is 0 Å². The highest BCUT2D eigenvalue weighted by molar-refractivity contribution is 5.87. The zero-order valence-corrected chi connectivity index (χ0v) is 14.2. The fraction of sp³-hybridized carbons (Fsp3) is 0.368. The number of aryl methyl sites for hydroxylation is 1. The van der Waals surface area contributed by atoms with Gasteiger partial charge in [-0.2, -0.15) is 10.2 Å². The van der Waals surface area contributed by atoms with E-state index in [1.807, 2.05) is 37.3 Å². The standard InChI is InChI=1S/C19H21N5O/c1-13-6-5-9-15(10-13)21-18-16(12-25)17(11-20)23-19(24-18)22-14-7-3-2-4-8-14/h5-6,9-10,12,14H,2-4,7-8H2,1H3,(H2,21,22,23,24). The van der Waals surface area contributed by atoms with Crippen LogP contribution >= 0.6 is 0 Å². The van der Waals surface area contributed by atoms with Crippen molar-refractivity contribution >= 4 is 23.7 Å². The van der Waals surface area contributed by atoms with Crippen molar-refractivity contribution in [2.75, 3.05) is 10.6 Å². The molecule has 1 heterocycles. The van der Waals surface area contributed by atoms with Crippen molar-refractivity contribution in [1.29, 1.82) is 5.26 Å². The molecule has 0 atom stereocenters. The Bertz CT molecular complexity index is 806. The molecule has 128 valence electrons. The molecule has 0 spiro atoms. The van der Waals surface area contributed by atoms with Crippen molar-refractivity contribution in [2.24, 2.45) is 0 Å². The molecule has 0 saturated heterocycles. The third kappa shape index (κ3) is 4.13. The molecule has 25 heavy (non-hydrogen) atoms. The van der Waals surface area contributed by atoms with Gasteiger partial charge in [0.1, 0.15) is 11.9 Å². The highest BCUT2D eigenvalue weighted by Crippen LogP contribution is 2.24. The van der Waals surface area contributed by atoms with Gasteiger partial charge in [0.05, 0.1) is 5.56 Å². The van der Waals surface area contributed by atoms with Gasteiger partial charge in [0.15, 0.2) is 12.0 Å². The lowest BCUT2D eigenvalue weighted by atomic mass is 9.96. The summed E-state index contributed by atoms with van der Waals surface area (Å²) < 4.78 is 0. The van der Waals surface area contributed by atoms with E-state index in [0.29, 0.717) is 24.1 Å². The minimum Gasteiger partial charge on any atom is -0.351 e. The molecule has 1 aromatic heterocycles. The van der Waals surface area contributed by atoms with Gasteiger partial charge in [0, 0.05) is 11.7 Å². The van der Waals surface area contributed by atoms with Crippen LogP contribution in [-0.4, -0.2) is 22.3 Å². The van der Waals surface area contributed by atoms with Crippen molar-refractivity contribution < 1.29 is 4.79 Å². The molecule has 1 saturated carbocycles. The second-order valence-corrected chi connectivity index (χ2v) is 6.36. The Labute approximate surface area is 147 Å². The molecule has 1 fully saturated rings. The Morgan fingerprint density at radius 3 is 2.72 bits per heavy atom. The Kier molecular flexibility index (Phi) is 5.24. The zero-order chi connectivity index (χ0) is 17.6. The summed E-state index contributed by atoms with van der Waals surface area (Å²) >= 11 is 0. The molecular formula is C19H21N5O. The molecule has 2 N–H and O–H groups in total. The molecule has 1 aliphatic rings. The van der Waals surface area contributed by atoms with Gasteiger partial charge in [-0.25, -0.2) is 4.98 Å². The molecule has 0 bridgehead atoms. The minimum absolute atomic E-state index is 0.0819. The predicted molar refractivity (Wildman–Crippen MR) is 97.1 cm³/mol. The second kappa shape index (κ2) is 7.75. The first-order valence-corrected chi connectivity index (χ1v) is 8.57. The van der Waals surface area contributed by atoms with E-state index in [0.717, 1.165) is 24.1 Å². The summed E-state index contributed by atoms with van der Waals surface area (Å²) in [6.07, 6.45) is 6.39. The highest BCUT2D eigenvalue weighted by Gasteiger charge is 2.18. The first-order chi connectivity index (χ1) is 12.2. The Morgan fingerprint density at radius 2 is 2.04 bits per heavy atom. The smallest absolute Gasteiger partial charge is 0.226 e. The lowest BCUT2D eigenvalue weighted by Crippen LogP contribution is -2.24. The van der Waals surface area contributed by atoms with Crippen LogP contribution in [0.4, 0.5) is 17.5 Å². The molecular weight excluding hydrogens is 314 g/mol. The molecule has 6 nitrogen and oxygen atoms in total. The predicted octanol–water partition coefficient (Wildman–Crippen LogP) is 3.96. The molecule has 6 heteroatoms. The van der Waals surface area contributed by atoms with Gasteiger partial charge in [-0.05, 0) is 37.5 Å². The molecule has 0 radical (unpaired) electrons. The number of nitrogens with one attached hydrogen (secondary N) is 2. The molecule has 3 rings (SSSR count). The maximum absolute atomic E-state index is 11.5. The molecule has 0 unspecified atom stereocenters. The van der Waals surface area contributed by atoms with Gasteiger partial charge in [-0.15, -0.1) is 0 Å². The number of carbonyl (C=O) groups excluding carboxylic acids is 1. The SMILES string of the molecule is Cc1cccc(Nc2nc(NC3CCCCC3)nc(C#N)c2C=O)c1. The van der Waals surface area contributed by atoms with E-state index in [2.05, 4.69) is 20.6 Å². The van der Waals surface area contributed by atoms with Crippen LogP contribution in [0.1, 0.15) is 53.7 Å². The second-order valence-electron chi connectivity index (χ2n) is 6.36. The van der Waals surface area contributed by atoms with Crippen molar-refractivity contribution in [2.45, 2.75) is 45.1 Å². The van der Waals surface area contributed by atoms with Gasteiger partial charge >= 0.3 is 0 Å². The summed E-state index contributed by atoms with van der Waals surface area (Å²) in [7, 11) is 0. The lowest BCUT2D eigenvalue weighted by Gasteiger charge is -2.23. The monoisotopic (exact) mass is 335 g/mol. The van der Waals surface area contributed by atoms with Gasteiger partial charge in [-0.3, -0.25) is 4.79 Å². The molecule has 1 aliphatic carbocycles. The number of nitrogens with zero attached hydrogens (tertiary/aromatic N) is 3. The van der Waals surface area contributed by atoms with E-state index in [1.165, 1.54) is 19.3 Å². The van der Waals surface area contributed by atoms with Crippen molar-refractivity contribution in [1.82, 2.24) is 9.97 Å².